The largest absolute Gasteiger partial charge is 0.462 e. The zero-order chi connectivity index (χ0) is 29.8. The Morgan fingerprint density at radius 1 is 1.33 bits per heavy atom. The molecule has 0 saturated carbocycles. The van der Waals surface area contributed by atoms with Crippen molar-refractivity contribution in [3.8, 4) is 0 Å². The number of ether oxygens (including phenoxy) is 2. The minimum atomic E-state index is -4.25. The first-order chi connectivity index (χ1) is 17.9. The molecule has 4 N–H and O–H groups in total. The van der Waals surface area contributed by atoms with Gasteiger partial charge in [0.05, 0.1) is 19.3 Å². The number of anilines is 1. The fourth-order valence-electron chi connectivity index (χ4n) is 3.13. The summed E-state index contributed by atoms with van der Waals surface area (Å²) in [6.07, 6.45) is -3.44. The van der Waals surface area contributed by atoms with Crippen LogP contribution in [-0.2, 0) is 32.7 Å². The van der Waals surface area contributed by atoms with Crippen LogP contribution in [0.15, 0.2) is 17.1 Å². The van der Waals surface area contributed by atoms with Crippen molar-refractivity contribution in [2.45, 2.75) is 76.5 Å². The molecule has 5 atom stereocenters. The number of esters is 1. The summed E-state index contributed by atoms with van der Waals surface area (Å²) in [6.45, 7) is 9.27. The second-order valence-corrected chi connectivity index (χ2v) is 14.3. The lowest BCUT2D eigenvalue weighted by atomic mass is 10.00. The minimum absolute atomic E-state index is 0.0407. The Kier molecular flexibility index (Phi) is 11.9. The minimum Gasteiger partial charge on any atom is -0.462 e. The summed E-state index contributed by atoms with van der Waals surface area (Å²) in [5.74, 6) is -0.594. The number of aromatic nitrogens is 2. The number of aliphatic hydroxyl groups is 1. The Morgan fingerprint density at radius 3 is 2.54 bits per heavy atom. The molecule has 2 heterocycles. The zero-order valence-electron chi connectivity index (χ0n) is 22.5. The van der Waals surface area contributed by atoms with Crippen molar-refractivity contribution in [2.75, 3.05) is 24.7 Å². The molecule has 2 rings (SSSR count). The van der Waals surface area contributed by atoms with Crippen LogP contribution in [0, 0.1) is 5.41 Å². The highest BCUT2D eigenvalue weighted by Crippen LogP contribution is 2.49. The van der Waals surface area contributed by atoms with Crippen LogP contribution in [0.3, 0.4) is 0 Å². The Balaban J connectivity index is 2.16. The second kappa shape index (κ2) is 13.6. The summed E-state index contributed by atoms with van der Waals surface area (Å²) in [7, 11) is -4.25. The smallest absolute Gasteiger partial charge is 0.406 e. The monoisotopic (exact) mass is 632 g/mol. The highest BCUT2D eigenvalue weighted by molar-refractivity contribution is 8.13. The number of nitrogen functional groups attached to an aromatic ring is 1. The van der Waals surface area contributed by atoms with Gasteiger partial charge >= 0.3 is 19.4 Å². The van der Waals surface area contributed by atoms with Gasteiger partial charge in [0.1, 0.15) is 24.1 Å². The Bertz CT molecular complexity index is 1130. The Labute approximate surface area is 241 Å². The molecule has 1 aromatic heterocycles. The number of carbonyl (C=O) groups excluding carboxylic acids is 2. The topological polar surface area (TPSA) is 181 Å². The number of thioether (sulfide) groups is 1. The van der Waals surface area contributed by atoms with Gasteiger partial charge in [0, 0.05) is 17.4 Å². The van der Waals surface area contributed by atoms with E-state index < -0.39 is 66.3 Å². The molecule has 0 amide bonds. The van der Waals surface area contributed by atoms with E-state index in [2.05, 4.69) is 10.1 Å². The molecule has 222 valence electrons. The summed E-state index contributed by atoms with van der Waals surface area (Å²) in [6, 6.07) is 0.209. The lowest BCUT2D eigenvalue weighted by molar-refractivity contribution is -0.149. The first-order valence-corrected chi connectivity index (χ1v) is 15.3. The normalized spacial score (nSPS) is 23.4. The van der Waals surface area contributed by atoms with Gasteiger partial charge in [-0.3, -0.25) is 23.2 Å². The number of hydrogen-bond acceptors (Lipinski definition) is 12. The van der Waals surface area contributed by atoms with Crippen LogP contribution in [0.4, 0.5) is 5.82 Å². The molecule has 0 spiro atoms. The maximum absolute atomic E-state index is 13.6. The molecule has 0 radical (unpaired) electrons. The summed E-state index contributed by atoms with van der Waals surface area (Å²) >= 11 is 13.6. The number of alkyl halides is 2. The molecule has 1 saturated heterocycles. The fraction of sp³-hybridized carbons (Fsp3) is 0.727. The van der Waals surface area contributed by atoms with Gasteiger partial charge in [0.2, 0.25) is 0 Å². The maximum Gasteiger partial charge on any atom is 0.406 e. The average Bonchev–Trinajstić information content (AvgIpc) is 3.03. The molecule has 1 aliphatic heterocycles. The number of aliphatic hydroxyl groups excluding tert-OH is 1. The summed E-state index contributed by atoms with van der Waals surface area (Å²) < 4.78 is 34.3. The van der Waals surface area contributed by atoms with Crippen LogP contribution in [0.25, 0.3) is 0 Å². The van der Waals surface area contributed by atoms with E-state index in [4.69, 9.17) is 47.5 Å². The van der Waals surface area contributed by atoms with E-state index in [0.29, 0.717) is 0 Å². The van der Waals surface area contributed by atoms with Crippen LogP contribution in [-0.4, -0.2) is 73.4 Å². The average molecular weight is 633 g/mol. The van der Waals surface area contributed by atoms with E-state index in [1.807, 2.05) is 0 Å². The third kappa shape index (κ3) is 9.40. The maximum atomic E-state index is 13.6. The molecule has 1 fully saturated rings. The third-order valence-electron chi connectivity index (χ3n) is 5.14. The first kappa shape index (κ1) is 34.0. The quantitative estimate of drug-likeness (QED) is 0.132. The van der Waals surface area contributed by atoms with Crippen LogP contribution in [0.1, 0.15) is 47.8 Å². The number of nitrogens with one attached hydrogen (secondary N) is 1. The van der Waals surface area contributed by atoms with Gasteiger partial charge < -0.3 is 20.3 Å². The number of rotatable bonds is 12. The molecular weight excluding hydrogens is 598 g/mol. The van der Waals surface area contributed by atoms with Gasteiger partial charge in [-0.05, 0) is 26.8 Å². The van der Waals surface area contributed by atoms with E-state index in [9.17, 15) is 24.1 Å². The van der Waals surface area contributed by atoms with Crippen molar-refractivity contribution in [1.82, 2.24) is 14.6 Å². The number of hydrogen-bond donors (Lipinski definition) is 3. The molecule has 1 aromatic rings. The van der Waals surface area contributed by atoms with Crippen molar-refractivity contribution < 1.29 is 37.8 Å². The lowest BCUT2D eigenvalue weighted by Crippen LogP contribution is -2.40. The van der Waals surface area contributed by atoms with Crippen LogP contribution >= 0.6 is 42.7 Å². The predicted molar refractivity (Wildman–Crippen MR) is 148 cm³/mol. The highest BCUT2D eigenvalue weighted by Gasteiger charge is 2.56. The van der Waals surface area contributed by atoms with Gasteiger partial charge in [-0.2, -0.15) is 4.98 Å². The van der Waals surface area contributed by atoms with Gasteiger partial charge in [-0.1, -0.05) is 55.7 Å². The Morgan fingerprint density at radius 2 is 1.97 bits per heavy atom. The zero-order valence-corrected chi connectivity index (χ0v) is 25.7. The molecule has 0 aromatic carbocycles. The highest BCUT2D eigenvalue weighted by atomic mass is 35.5. The van der Waals surface area contributed by atoms with E-state index in [0.717, 1.165) is 16.3 Å². The fourth-order valence-corrected chi connectivity index (χ4v) is 6.11. The van der Waals surface area contributed by atoms with E-state index >= 15 is 0 Å². The molecule has 17 heteroatoms. The SMILES string of the molecule is CC(C)OC(=O)[C@@H](C)NP(=O)(OCCSC(=O)C(C)(C)C)OC[C@H]1O[C@@H](n2ccc(N)nc2=O)C(Cl)(Cl)[C@@H]1O. The number of nitrogens with zero attached hydrogens (tertiary/aromatic N) is 2. The van der Waals surface area contributed by atoms with Crippen molar-refractivity contribution in [2.24, 2.45) is 5.41 Å². The van der Waals surface area contributed by atoms with Crippen molar-refractivity contribution in [3.63, 3.8) is 0 Å². The van der Waals surface area contributed by atoms with Crippen molar-refractivity contribution in [1.29, 1.82) is 0 Å². The van der Waals surface area contributed by atoms with E-state index in [1.165, 1.54) is 19.2 Å². The predicted octanol–water partition coefficient (Wildman–Crippen LogP) is 2.63. The molecular formula is C22H35Cl2N4O9PS. The van der Waals surface area contributed by atoms with E-state index in [1.54, 1.807) is 34.6 Å². The number of carbonyl (C=O) groups is 2. The molecule has 39 heavy (non-hydrogen) atoms. The second-order valence-electron chi connectivity index (χ2n) is 10.0. The Hall–Kier alpha value is -1.22. The van der Waals surface area contributed by atoms with Gasteiger partial charge in [0.15, 0.2) is 15.7 Å². The van der Waals surface area contributed by atoms with Crippen molar-refractivity contribution in [3.05, 3.63) is 22.7 Å². The lowest BCUT2D eigenvalue weighted by Gasteiger charge is -2.25. The first-order valence-electron chi connectivity index (χ1n) is 12.0. The number of halogens is 2. The summed E-state index contributed by atoms with van der Waals surface area (Å²) in [5.41, 5.74) is 4.11. The molecule has 0 aliphatic carbocycles. The van der Waals surface area contributed by atoms with Crippen LogP contribution < -0.4 is 16.5 Å². The van der Waals surface area contributed by atoms with Crippen LogP contribution in [0.2, 0.25) is 0 Å². The number of nitrogens with two attached hydrogens (primary N) is 1. The van der Waals surface area contributed by atoms with E-state index in [-0.39, 0.29) is 23.3 Å². The van der Waals surface area contributed by atoms with Gasteiger partial charge in [-0.25, -0.2) is 14.4 Å². The van der Waals surface area contributed by atoms with Gasteiger partial charge in [0.25, 0.3) is 0 Å². The molecule has 1 aliphatic rings. The van der Waals surface area contributed by atoms with Crippen LogP contribution in [0.5, 0.6) is 0 Å². The summed E-state index contributed by atoms with van der Waals surface area (Å²) in [5, 5.41) is 13.1. The summed E-state index contributed by atoms with van der Waals surface area (Å²) in [4.78, 5) is 40.3. The van der Waals surface area contributed by atoms with Crippen molar-refractivity contribution >= 4 is 59.6 Å². The molecule has 13 nitrogen and oxygen atoms in total. The third-order valence-corrected chi connectivity index (χ3v) is 8.92. The van der Waals surface area contributed by atoms with Gasteiger partial charge in [-0.15, -0.1) is 0 Å². The molecule has 0 bridgehead atoms. The molecule has 1 unspecified atom stereocenters. The standard InChI is InChI=1S/C22H35Cl2N4O9PS/c1-12(2)36-17(30)13(3)27-38(33,34-9-10-39-19(31)21(4,5)6)35-11-14-16(29)22(23,24)18(37-14)28-8-7-15(25)26-20(28)32/h7-8,12-14,16,18,29H,9-11H2,1-6H3,(H,27,33)(H2,25,26,32)/t13-,14-,16-,18-,38?/m1/s1.